The van der Waals surface area contributed by atoms with Crippen LogP contribution in [-0.2, 0) is 4.79 Å². The molecule has 2 amide bonds. The van der Waals surface area contributed by atoms with E-state index in [2.05, 4.69) is 34.5 Å². The Labute approximate surface area is 244 Å². The SMILES string of the molecule is CC(NC(=O)C1CCC(N(C(=O)O)C(C)(C)C)C1)c1ccc(OC2CCN(c3ccc(OCC4CC4)cc3)C2)cc1. The Bertz CT molecular complexity index is 1190. The predicted octanol–water partition coefficient (Wildman–Crippen LogP) is 6.26. The number of hydrogen-bond donors (Lipinski definition) is 2. The third-order valence-corrected chi connectivity index (χ3v) is 8.64. The summed E-state index contributed by atoms with van der Waals surface area (Å²) in [6.07, 6.45) is 4.72. The van der Waals surface area contributed by atoms with Gasteiger partial charge in [-0.3, -0.25) is 4.79 Å². The molecular formula is C33H45N3O5. The normalized spacial score (nSPS) is 23.2. The molecule has 8 nitrogen and oxygen atoms in total. The Balaban J connectivity index is 1.08. The van der Waals surface area contributed by atoms with Crippen LogP contribution in [0.4, 0.5) is 10.5 Å². The number of carboxylic acid groups (broad SMARTS) is 1. The maximum atomic E-state index is 13.0. The molecule has 1 aliphatic heterocycles. The molecular weight excluding hydrogens is 518 g/mol. The fraction of sp³-hybridized carbons (Fsp3) is 0.576. The highest BCUT2D eigenvalue weighted by molar-refractivity contribution is 5.79. The van der Waals surface area contributed by atoms with Gasteiger partial charge in [-0.1, -0.05) is 12.1 Å². The van der Waals surface area contributed by atoms with Crippen molar-refractivity contribution in [3.05, 3.63) is 54.1 Å². The van der Waals surface area contributed by atoms with Crippen LogP contribution in [0.3, 0.4) is 0 Å². The zero-order chi connectivity index (χ0) is 29.1. The summed E-state index contributed by atoms with van der Waals surface area (Å²) in [5.41, 5.74) is 1.71. The largest absolute Gasteiger partial charge is 0.493 e. The van der Waals surface area contributed by atoms with Crippen molar-refractivity contribution in [2.75, 3.05) is 24.6 Å². The second-order valence-electron chi connectivity index (χ2n) is 13.0. The zero-order valence-corrected chi connectivity index (χ0v) is 24.8. The van der Waals surface area contributed by atoms with E-state index in [1.165, 1.54) is 23.4 Å². The van der Waals surface area contributed by atoms with Crippen molar-refractivity contribution in [1.29, 1.82) is 0 Å². The molecule has 222 valence electrons. The van der Waals surface area contributed by atoms with E-state index in [1.807, 2.05) is 52.0 Å². The number of hydrogen-bond acceptors (Lipinski definition) is 5. The molecule has 5 rings (SSSR count). The van der Waals surface area contributed by atoms with Gasteiger partial charge in [0.05, 0.1) is 19.2 Å². The van der Waals surface area contributed by atoms with Gasteiger partial charge in [-0.15, -0.1) is 0 Å². The van der Waals surface area contributed by atoms with Crippen molar-refractivity contribution < 1.29 is 24.2 Å². The van der Waals surface area contributed by atoms with Gasteiger partial charge < -0.3 is 29.7 Å². The Hall–Kier alpha value is -3.42. The first-order valence-corrected chi connectivity index (χ1v) is 15.1. The number of rotatable bonds is 10. The second-order valence-corrected chi connectivity index (χ2v) is 13.0. The summed E-state index contributed by atoms with van der Waals surface area (Å²) in [5.74, 6) is 2.34. The molecule has 0 spiro atoms. The molecule has 2 N–H and O–H groups in total. The van der Waals surface area contributed by atoms with Crippen LogP contribution in [0.25, 0.3) is 0 Å². The number of amides is 2. The third kappa shape index (κ3) is 7.46. The molecule has 4 unspecified atom stereocenters. The lowest BCUT2D eigenvalue weighted by Gasteiger charge is -2.38. The summed E-state index contributed by atoms with van der Waals surface area (Å²) in [4.78, 5) is 28.7. The number of benzene rings is 2. The van der Waals surface area contributed by atoms with Crippen LogP contribution in [0, 0.1) is 11.8 Å². The van der Waals surface area contributed by atoms with Crippen LogP contribution in [0.15, 0.2) is 48.5 Å². The summed E-state index contributed by atoms with van der Waals surface area (Å²) in [6, 6.07) is 16.1. The van der Waals surface area contributed by atoms with E-state index >= 15 is 0 Å². The lowest BCUT2D eigenvalue weighted by atomic mass is 10.0. The summed E-state index contributed by atoms with van der Waals surface area (Å²) in [7, 11) is 0. The highest BCUT2D eigenvalue weighted by Crippen LogP contribution is 2.34. The second kappa shape index (κ2) is 12.2. The van der Waals surface area contributed by atoms with Gasteiger partial charge in [0.15, 0.2) is 0 Å². The zero-order valence-electron chi connectivity index (χ0n) is 24.8. The van der Waals surface area contributed by atoms with Crippen LogP contribution >= 0.6 is 0 Å². The fourth-order valence-corrected chi connectivity index (χ4v) is 6.17. The minimum atomic E-state index is -0.923. The summed E-state index contributed by atoms with van der Waals surface area (Å²) < 4.78 is 12.2. The maximum absolute atomic E-state index is 13.0. The molecule has 1 saturated heterocycles. The summed E-state index contributed by atoms with van der Waals surface area (Å²) in [6.45, 7) is 10.3. The van der Waals surface area contributed by atoms with Crippen molar-refractivity contribution in [1.82, 2.24) is 10.2 Å². The molecule has 0 aromatic heterocycles. The van der Waals surface area contributed by atoms with Crippen molar-refractivity contribution in [3.8, 4) is 11.5 Å². The van der Waals surface area contributed by atoms with E-state index < -0.39 is 11.6 Å². The average Bonchev–Trinajstić information content (AvgIpc) is 3.43. The molecule has 2 aromatic rings. The predicted molar refractivity (Wildman–Crippen MR) is 160 cm³/mol. The molecule has 4 atom stereocenters. The highest BCUT2D eigenvalue weighted by atomic mass is 16.5. The molecule has 1 heterocycles. The molecule has 2 saturated carbocycles. The Morgan fingerprint density at radius 2 is 1.68 bits per heavy atom. The lowest BCUT2D eigenvalue weighted by Crippen LogP contribution is -2.50. The van der Waals surface area contributed by atoms with Gasteiger partial charge in [0.25, 0.3) is 0 Å². The average molecular weight is 564 g/mol. The first kappa shape index (κ1) is 29.1. The van der Waals surface area contributed by atoms with Crippen LogP contribution in [0.1, 0.15) is 77.8 Å². The maximum Gasteiger partial charge on any atom is 0.407 e. The van der Waals surface area contributed by atoms with Crippen LogP contribution < -0.4 is 19.7 Å². The summed E-state index contributed by atoms with van der Waals surface area (Å²) in [5, 5.41) is 12.9. The highest BCUT2D eigenvalue weighted by Gasteiger charge is 2.40. The van der Waals surface area contributed by atoms with Gasteiger partial charge in [0.2, 0.25) is 5.91 Å². The molecule has 0 radical (unpaired) electrons. The minimum absolute atomic E-state index is 0.00636. The first-order valence-electron chi connectivity index (χ1n) is 15.1. The lowest BCUT2D eigenvalue weighted by molar-refractivity contribution is -0.125. The first-order chi connectivity index (χ1) is 19.6. The quantitative estimate of drug-likeness (QED) is 0.355. The van der Waals surface area contributed by atoms with E-state index in [9.17, 15) is 14.7 Å². The van der Waals surface area contributed by atoms with Gasteiger partial charge in [-0.25, -0.2) is 4.79 Å². The number of carbonyl (C=O) groups excluding carboxylic acids is 1. The molecule has 3 aliphatic rings. The molecule has 2 aromatic carbocycles. The minimum Gasteiger partial charge on any atom is -0.493 e. The molecule has 0 bridgehead atoms. The molecule has 8 heteroatoms. The van der Waals surface area contributed by atoms with Gasteiger partial charge in [-0.05, 0) is 108 Å². The smallest absolute Gasteiger partial charge is 0.407 e. The van der Waals surface area contributed by atoms with E-state index in [0.717, 1.165) is 49.1 Å². The van der Waals surface area contributed by atoms with Crippen LogP contribution in [0.5, 0.6) is 11.5 Å². The van der Waals surface area contributed by atoms with Crippen LogP contribution in [-0.4, -0.2) is 59.4 Å². The number of nitrogens with zero attached hydrogens (tertiary/aromatic N) is 2. The topological polar surface area (TPSA) is 91.3 Å². The molecule has 3 fully saturated rings. The Morgan fingerprint density at radius 1 is 1.00 bits per heavy atom. The number of carbonyl (C=O) groups is 2. The fourth-order valence-electron chi connectivity index (χ4n) is 6.17. The van der Waals surface area contributed by atoms with Crippen molar-refractivity contribution in [2.45, 2.75) is 89.9 Å². The third-order valence-electron chi connectivity index (χ3n) is 8.64. The van der Waals surface area contributed by atoms with Crippen LogP contribution in [0.2, 0.25) is 0 Å². The Kier molecular flexibility index (Phi) is 8.66. The standard InChI is InChI=1S/C33H45N3O5/c1-22(34-31(37)25-7-10-27(19-25)36(32(38)39)33(2,3)4)24-8-13-29(14-9-24)41-30-17-18-35(20-30)26-11-15-28(16-12-26)40-21-23-5-6-23/h8-9,11-16,22-23,25,27,30H,5-7,10,17-21H2,1-4H3,(H,34,37)(H,38,39). The Morgan fingerprint density at radius 3 is 2.32 bits per heavy atom. The van der Waals surface area contributed by atoms with Gasteiger partial charge in [-0.2, -0.15) is 0 Å². The molecule has 41 heavy (non-hydrogen) atoms. The molecule has 2 aliphatic carbocycles. The van der Waals surface area contributed by atoms with E-state index in [4.69, 9.17) is 9.47 Å². The van der Waals surface area contributed by atoms with E-state index in [1.54, 1.807) is 0 Å². The van der Waals surface area contributed by atoms with Crippen molar-refractivity contribution in [2.24, 2.45) is 11.8 Å². The van der Waals surface area contributed by atoms with E-state index in [-0.39, 0.29) is 30.0 Å². The van der Waals surface area contributed by atoms with Gasteiger partial charge >= 0.3 is 6.09 Å². The number of nitrogens with one attached hydrogen (secondary N) is 1. The van der Waals surface area contributed by atoms with Crippen molar-refractivity contribution >= 4 is 17.7 Å². The summed E-state index contributed by atoms with van der Waals surface area (Å²) >= 11 is 0. The monoisotopic (exact) mass is 563 g/mol. The number of ether oxygens (including phenoxy) is 2. The van der Waals surface area contributed by atoms with Gasteiger partial charge in [0.1, 0.15) is 17.6 Å². The number of anilines is 1. The van der Waals surface area contributed by atoms with E-state index in [0.29, 0.717) is 19.3 Å². The van der Waals surface area contributed by atoms with Gasteiger partial charge in [0, 0.05) is 36.2 Å². The van der Waals surface area contributed by atoms with Crippen molar-refractivity contribution in [3.63, 3.8) is 0 Å².